The average Bonchev–Trinajstić information content (AvgIpc) is 4.37. The van der Waals surface area contributed by atoms with E-state index in [0.29, 0.717) is 67.2 Å². The van der Waals surface area contributed by atoms with E-state index < -0.39 is 36.5 Å². The van der Waals surface area contributed by atoms with Crippen LogP contribution in [0.15, 0.2) is 72.1 Å². The highest BCUT2D eigenvalue weighted by Crippen LogP contribution is 2.45. The lowest BCUT2D eigenvalue weighted by Crippen LogP contribution is -2.43. The summed E-state index contributed by atoms with van der Waals surface area (Å²) < 4.78 is 18.4. The van der Waals surface area contributed by atoms with Crippen molar-refractivity contribution in [3.63, 3.8) is 0 Å². The smallest absolute Gasteiger partial charge is 0.415 e. The number of anilines is 2. The summed E-state index contributed by atoms with van der Waals surface area (Å²) in [5.41, 5.74) is 5.05. The Bertz CT molecular complexity index is 3090. The van der Waals surface area contributed by atoms with Crippen LogP contribution in [0.2, 0.25) is 0 Å². The van der Waals surface area contributed by atoms with Crippen LogP contribution in [-0.4, -0.2) is 164 Å². The molecule has 5 heterocycles. The molecule has 9 amide bonds. The van der Waals surface area contributed by atoms with Crippen LogP contribution in [0.4, 0.5) is 21.0 Å². The van der Waals surface area contributed by atoms with E-state index in [-0.39, 0.29) is 69.4 Å². The number of carbonyl (C=O) groups excluding carboxylic acids is 9. The number of thiophene rings is 1. The first kappa shape index (κ1) is 55.9. The second kappa shape index (κ2) is 26.2. The molecular weight excluding hydrogens is 1020 g/mol. The van der Waals surface area contributed by atoms with Gasteiger partial charge in [0.15, 0.2) is 5.75 Å². The van der Waals surface area contributed by atoms with Crippen molar-refractivity contribution in [3.8, 4) is 11.5 Å². The van der Waals surface area contributed by atoms with Gasteiger partial charge in [-0.3, -0.25) is 43.4 Å². The van der Waals surface area contributed by atoms with Crippen LogP contribution >= 0.6 is 11.3 Å². The largest absolute Gasteiger partial charge is 0.492 e. The summed E-state index contributed by atoms with van der Waals surface area (Å²) in [6.07, 6.45) is 6.07. The molecule has 0 saturated carbocycles. The number of amides is 9. The molecule has 23 heteroatoms. The molecule has 3 aromatic carbocycles. The monoisotopic (exact) mass is 1090 g/mol. The molecule has 0 aliphatic carbocycles. The van der Waals surface area contributed by atoms with Crippen LogP contribution in [-0.2, 0) is 46.5 Å². The molecule has 78 heavy (non-hydrogen) atoms. The lowest BCUT2D eigenvalue weighted by atomic mass is 10.0. The zero-order valence-electron chi connectivity index (χ0n) is 43.9. The minimum atomic E-state index is -0.638. The second-order valence-electron chi connectivity index (χ2n) is 19.3. The Hall–Kier alpha value is -8.31. The predicted molar refractivity (Wildman–Crippen MR) is 291 cm³/mol. The summed E-state index contributed by atoms with van der Waals surface area (Å²) in [5.74, 6) is -1.92. The number of ether oxygens (including phenoxy) is 3. The van der Waals surface area contributed by atoms with Gasteiger partial charge in [-0.15, -0.1) is 11.3 Å². The first-order valence-electron chi connectivity index (χ1n) is 26.0. The topological polar surface area (TPSA) is 261 Å². The molecule has 0 atom stereocenters. The number of hydrogen-bond donors (Lipinski definition) is 5. The van der Waals surface area contributed by atoms with Gasteiger partial charge in [-0.25, -0.2) is 9.59 Å². The highest BCUT2D eigenvalue weighted by atomic mass is 32.1. The zero-order chi connectivity index (χ0) is 55.3. The molecule has 5 N–H and O–H groups in total. The maximum absolute atomic E-state index is 14.2. The number of nitrogens with zero attached hydrogens (tertiary/aromatic N) is 5. The Labute approximate surface area is 454 Å². The van der Waals surface area contributed by atoms with Gasteiger partial charge in [-0.2, -0.15) is 0 Å². The first-order chi connectivity index (χ1) is 37.6. The highest BCUT2D eigenvalue weighted by Gasteiger charge is 2.32. The molecule has 3 aliphatic heterocycles. The molecule has 1 saturated heterocycles. The van der Waals surface area contributed by atoms with Crippen molar-refractivity contribution in [1.29, 1.82) is 0 Å². The number of nitrogens with one attached hydrogen (secondary N) is 5. The number of aryl methyl sites for hydroxylation is 1. The predicted octanol–water partition coefficient (Wildman–Crippen LogP) is 4.84. The zero-order valence-corrected chi connectivity index (χ0v) is 44.7. The number of H-pyrrole nitrogens is 1. The van der Waals surface area contributed by atoms with E-state index in [1.807, 2.05) is 36.6 Å². The van der Waals surface area contributed by atoms with Crippen LogP contribution in [0.25, 0.3) is 21.0 Å². The van der Waals surface area contributed by atoms with Crippen LogP contribution in [0.1, 0.15) is 65.7 Å². The highest BCUT2D eigenvalue weighted by molar-refractivity contribution is 7.17. The number of likely N-dealkylation sites (N-methyl/N-ethyl adjacent to an activating group) is 2. The van der Waals surface area contributed by atoms with Gasteiger partial charge in [-0.05, 0) is 111 Å². The van der Waals surface area contributed by atoms with Gasteiger partial charge in [0.05, 0.1) is 30.0 Å². The molecule has 2 aromatic heterocycles. The number of rotatable bonds is 24. The Balaban J connectivity index is 0.719. The van der Waals surface area contributed by atoms with Crippen molar-refractivity contribution in [2.24, 2.45) is 0 Å². The average molecular weight is 1090 g/mol. The molecule has 0 spiro atoms. The van der Waals surface area contributed by atoms with Gasteiger partial charge < -0.3 is 55.2 Å². The molecule has 0 unspecified atom stereocenters. The van der Waals surface area contributed by atoms with Crippen LogP contribution in [0.3, 0.4) is 0 Å². The molecule has 22 nitrogen and oxygen atoms in total. The van der Waals surface area contributed by atoms with Gasteiger partial charge in [0.25, 0.3) is 17.7 Å². The molecule has 0 radical (unpaired) electrons. The van der Waals surface area contributed by atoms with E-state index in [1.54, 1.807) is 49.3 Å². The van der Waals surface area contributed by atoms with Gasteiger partial charge in [0.2, 0.25) is 23.6 Å². The summed E-state index contributed by atoms with van der Waals surface area (Å²) in [6.45, 7) is 5.48. The summed E-state index contributed by atoms with van der Waals surface area (Å²) in [6, 6.07) is 15.9. The molecule has 5 aromatic rings. The summed E-state index contributed by atoms with van der Waals surface area (Å²) in [4.78, 5) is 124. The van der Waals surface area contributed by atoms with E-state index in [2.05, 4.69) is 31.2 Å². The van der Waals surface area contributed by atoms with Crippen LogP contribution in [0.5, 0.6) is 11.5 Å². The van der Waals surface area contributed by atoms with E-state index in [9.17, 15) is 43.2 Å². The standard InChI is InChI=1S/C55H64N10O12S/c1-35-34-78-52-44(29-43-40(51(35)52)18-22-64(43)53(72)42-28-37-27-39(14-15-41(37)60-42)75-26-25-63-19-7-8-20-63)77-55(74)62(3)24-23-61(2)54(73)76-33-36-10-12-38(13-11-36)59-48(69)32-58-47(68)31-57-46(67)30-56-45(66)9-5-4-6-21-65-49(70)16-17-50(65)71/h10-17,27-29,34,60H,4-9,18-26,30-33H2,1-3H3,(H,56,66)(H,57,67)(H,58,68)(H,59,69). The number of likely N-dealkylation sites (tertiary alicyclic amines) is 1. The Morgan fingerprint density at radius 1 is 0.744 bits per heavy atom. The number of aromatic amines is 1. The van der Waals surface area contributed by atoms with E-state index in [1.165, 1.54) is 46.1 Å². The molecule has 3 aliphatic rings. The lowest BCUT2D eigenvalue weighted by molar-refractivity contribution is -0.137. The number of imide groups is 1. The molecule has 8 rings (SSSR count). The van der Waals surface area contributed by atoms with Crippen LogP contribution in [0, 0.1) is 6.92 Å². The number of benzene rings is 3. The minimum absolute atomic E-state index is 0.0740. The van der Waals surface area contributed by atoms with Crippen molar-refractivity contribution in [3.05, 3.63) is 94.5 Å². The first-order valence-corrected chi connectivity index (χ1v) is 26.8. The van der Waals surface area contributed by atoms with Crippen LogP contribution < -0.4 is 35.6 Å². The van der Waals surface area contributed by atoms with E-state index >= 15 is 0 Å². The summed E-state index contributed by atoms with van der Waals surface area (Å²) in [5, 5.41) is 13.7. The third-order valence-corrected chi connectivity index (χ3v) is 14.7. The number of unbranched alkanes of at least 4 members (excludes halogenated alkanes) is 2. The van der Waals surface area contributed by atoms with E-state index in [4.69, 9.17) is 14.2 Å². The summed E-state index contributed by atoms with van der Waals surface area (Å²) >= 11 is 1.47. The van der Waals surface area contributed by atoms with Crippen molar-refractivity contribution in [1.82, 2.24) is 40.5 Å². The molecule has 412 valence electrons. The Kier molecular flexibility index (Phi) is 18.7. The number of hydrogen-bond acceptors (Lipinski definition) is 14. The fourth-order valence-electron chi connectivity index (χ4n) is 9.22. The number of carbonyl (C=O) groups is 9. The van der Waals surface area contributed by atoms with Crippen molar-refractivity contribution in [2.75, 3.05) is 96.4 Å². The normalized spacial score (nSPS) is 13.9. The number of fused-ring (bicyclic) bond motifs is 4. The Morgan fingerprint density at radius 2 is 1.42 bits per heavy atom. The van der Waals surface area contributed by atoms with Crippen molar-refractivity contribution >= 4 is 97.2 Å². The fourth-order valence-corrected chi connectivity index (χ4v) is 10.3. The molecule has 0 bridgehead atoms. The van der Waals surface area contributed by atoms with Gasteiger partial charge in [-0.1, -0.05) is 18.6 Å². The van der Waals surface area contributed by atoms with Gasteiger partial charge in [0, 0.05) is 93.4 Å². The summed E-state index contributed by atoms with van der Waals surface area (Å²) in [7, 11) is 3.12. The third kappa shape index (κ3) is 14.6. The van der Waals surface area contributed by atoms with Gasteiger partial charge >= 0.3 is 12.2 Å². The van der Waals surface area contributed by atoms with Gasteiger partial charge in [0.1, 0.15) is 24.7 Å². The lowest BCUT2D eigenvalue weighted by Gasteiger charge is -2.22. The molecular formula is C55H64N10O12S. The maximum atomic E-state index is 14.2. The quantitative estimate of drug-likeness (QED) is 0.0410. The van der Waals surface area contributed by atoms with Crippen molar-refractivity contribution < 1.29 is 57.4 Å². The minimum Gasteiger partial charge on any atom is -0.492 e. The number of aromatic nitrogens is 1. The van der Waals surface area contributed by atoms with E-state index in [0.717, 1.165) is 62.4 Å². The maximum Gasteiger partial charge on any atom is 0.415 e. The molecule has 1 fully saturated rings. The third-order valence-electron chi connectivity index (χ3n) is 13.6. The SMILES string of the molecule is Cc1csc2c(OC(=O)N(C)CCN(C)C(=O)OCc3ccc(NC(=O)CNC(=O)CNC(=O)CNC(=O)CCCCCN4C(=O)C=CC4=O)cc3)cc3c(c12)CCN3C(=O)c1cc2cc(OCCN3CCCC3)ccc2[nH]1. The second-order valence-corrected chi connectivity index (χ2v) is 20.2. The Morgan fingerprint density at radius 3 is 2.14 bits per heavy atom. The van der Waals surface area contributed by atoms with Crippen molar-refractivity contribution in [2.45, 2.75) is 58.5 Å². The fraction of sp³-hybridized carbons (Fsp3) is 0.400.